The van der Waals surface area contributed by atoms with Crippen LogP contribution in [-0.4, -0.2) is 23.3 Å². The van der Waals surface area contributed by atoms with Crippen molar-refractivity contribution >= 4 is 0 Å². The monoisotopic (exact) mass is 145 g/mol. The predicted molar refractivity (Wildman–Crippen MR) is 44.1 cm³/mol. The Bertz CT molecular complexity index is 85.7. The topological polar surface area (TPSA) is 32.3 Å². The molecular formula is C8H19NO. The Morgan fingerprint density at radius 3 is 2.00 bits per heavy atom. The van der Waals surface area contributed by atoms with Crippen molar-refractivity contribution in [3.05, 3.63) is 0 Å². The quantitative estimate of drug-likeness (QED) is 0.622. The number of nitrogens with one attached hydrogen (secondary N) is 1. The van der Waals surface area contributed by atoms with Gasteiger partial charge in [-0.2, -0.15) is 0 Å². The summed E-state index contributed by atoms with van der Waals surface area (Å²) in [6.45, 7) is 8.72. The van der Waals surface area contributed by atoms with Crippen LogP contribution in [0.1, 0.15) is 34.1 Å². The van der Waals surface area contributed by atoms with E-state index in [4.69, 9.17) is 0 Å². The third kappa shape index (κ3) is 3.18. The van der Waals surface area contributed by atoms with Crippen molar-refractivity contribution in [3.8, 4) is 0 Å². The fraction of sp³-hybridized carbons (Fsp3) is 1.00. The first-order chi connectivity index (χ1) is 4.52. The molecule has 0 aliphatic rings. The van der Waals surface area contributed by atoms with Crippen LogP contribution in [0.3, 0.4) is 0 Å². The first-order valence-electron chi connectivity index (χ1n) is 3.98. The van der Waals surface area contributed by atoms with E-state index >= 15 is 0 Å². The first-order valence-corrected chi connectivity index (χ1v) is 3.98. The molecule has 0 aromatic rings. The maximum atomic E-state index is 9.55. The summed E-state index contributed by atoms with van der Waals surface area (Å²) in [7, 11) is 0. The van der Waals surface area contributed by atoms with Crippen molar-refractivity contribution in [2.24, 2.45) is 0 Å². The molecule has 0 aliphatic carbocycles. The fourth-order valence-electron chi connectivity index (χ4n) is 1.14. The number of likely N-dealkylation sites (N-methyl/N-ethyl adjacent to an activating group) is 1. The van der Waals surface area contributed by atoms with Crippen molar-refractivity contribution in [1.29, 1.82) is 0 Å². The van der Waals surface area contributed by atoms with E-state index < -0.39 is 5.60 Å². The lowest BCUT2D eigenvalue weighted by molar-refractivity contribution is 0.0369. The second kappa shape index (κ2) is 3.94. The van der Waals surface area contributed by atoms with Crippen LogP contribution in [0, 0.1) is 0 Å². The van der Waals surface area contributed by atoms with Crippen molar-refractivity contribution < 1.29 is 5.11 Å². The van der Waals surface area contributed by atoms with Gasteiger partial charge < -0.3 is 10.4 Å². The van der Waals surface area contributed by atoms with Crippen molar-refractivity contribution in [2.45, 2.75) is 45.8 Å². The van der Waals surface area contributed by atoms with Gasteiger partial charge in [0, 0.05) is 6.04 Å². The Balaban J connectivity index is 3.81. The second-order valence-electron chi connectivity index (χ2n) is 3.17. The molecule has 2 N–H and O–H groups in total. The van der Waals surface area contributed by atoms with Gasteiger partial charge in [-0.1, -0.05) is 13.8 Å². The summed E-state index contributed by atoms with van der Waals surface area (Å²) in [4.78, 5) is 0. The molecule has 1 unspecified atom stereocenters. The molecule has 0 heterocycles. The minimum atomic E-state index is -0.592. The van der Waals surface area contributed by atoms with Gasteiger partial charge in [-0.15, -0.1) is 0 Å². The summed E-state index contributed by atoms with van der Waals surface area (Å²) < 4.78 is 0. The highest BCUT2D eigenvalue weighted by molar-refractivity contribution is 4.81. The smallest absolute Gasteiger partial charge is 0.0743 e. The molecule has 1 atom stereocenters. The molecule has 0 rings (SSSR count). The lowest BCUT2D eigenvalue weighted by atomic mass is 9.97. The average Bonchev–Trinajstić information content (AvgIpc) is 1.80. The molecule has 0 aromatic carbocycles. The Morgan fingerprint density at radius 2 is 1.90 bits per heavy atom. The van der Waals surface area contributed by atoms with Crippen molar-refractivity contribution in [1.82, 2.24) is 5.32 Å². The SMILES string of the molecule is CCNC(CC)C(C)(C)O. The molecule has 0 aliphatic heterocycles. The molecule has 10 heavy (non-hydrogen) atoms. The Kier molecular flexibility index (Phi) is 3.91. The van der Waals surface area contributed by atoms with Gasteiger partial charge in [0.25, 0.3) is 0 Å². The summed E-state index contributed by atoms with van der Waals surface area (Å²) in [5, 5.41) is 12.8. The molecule has 62 valence electrons. The van der Waals surface area contributed by atoms with E-state index in [-0.39, 0.29) is 6.04 Å². The molecule has 0 bridgehead atoms. The van der Waals surface area contributed by atoms with E-state index in [1.54, 1.807) is 0 Å². The molecule has 0 spiro atoms. The predicted octanol–water partition coefficient (Wildman–Crippen LogP) is 1.15. The molecular weight excluding hydrogens is 126 g/mol. The number of hydrogen-bond acceptors (Lipinski definition) is 2. The maximum Gasteiger partial charge on any atom is 0.0743 e. The highest BCUT2D eigenvalue weighted by Gasteiger charge is 2.23. The minimum absolute atomic E-state index is 0.220. The van der Waals surface area contributed by atoms with Crippen LogP contribution < -0.4 is 5.32 Å². The zero-order valence-electron chi connectivity index (χ0n) is 7.44. The van der Waals surface area contributed by atoms with E-state index in [2.05, 4.69) is 19.2 Å². The number of rotatable bonds is 4. The molecule has 0 aromatic heterocycles. The van der Waals surface area contributed by atoms with Crippen LogP contribution in [0.25, 0.3) is 0 Å². The third-order valence-corrected chi connectivity index (χ3v) is 1.71. The van der Waals surface area contributed by atoms with Gasteiger partial charge in [-0.3, -0.25) is 0 Å². The Labute approximate surface area is 63.6 Å². The number of hydrogen-bond donors (Lipinski definition) is 2. The van der Waals surface area contributed by atoms with Gasteiger partial charge in [-0.25, -0.2) is 0 Å². The lowest BCUT2D eigenvalue weighted by Gasteiger charge is -2.28. The van der Waals surface area contributed by atoms with Gasteiger partial charge >= 0.3 is 0 Å². The molecule has 2 heteroatoms. The highest BCUT2D eigenvalue weighted by Crippen LogP contribution is 2.10. The first kappa shape index (κ1) is 9.92. The fourth-order valence-corrected chi connectivity index (χ4v) is 1.14. The van der Waals surface area contributed by atoms with Crippen molar-refractivity contribution in [2.75, 3.05) is 6.54 Å². The van der Waals surface area contributed by atoms with Crippen LogP contribution in [-0.2, 0) is 0 Å². The summed E-state index contributed by atoms with van der Waals surface area (Å²) in [6.07, 6.45) is 0.970. The van der Waals surface area contributed by atoms with Gasteiger partial charge in [0.2, 0.25) is 0 Å². The molecule has 0 saturated carbocycles. The maximum absolute atomic E-state index is 9.55. The standard InChI is InChI=1S/C8H19NO/c1-5-7(9-6-2)8(3,4)10/h7,9-10H,5-6H2,1-4H3. The minimum Gasteiger partial charge on any atom is -0.389 e. The molecule has 0 radical (unpaired) electrons. The summed E-state index contributed by atoms with van der Waals surface area (Å²) >= 11 is 0. The van der Waals surface area contributed by atoms with Crippen LogP contribution in [0.4, 0.5) is 0 Å². The van der Waals surface area contributed by atoms with Crippen molar-refractivity contribution in [3.63, 3.8) is 0 Å². The number of aliphatic hydroxyl groups is 1. The zero-order chi connectivity index (χ0) is 8.20. The van der Waals surface area contributed by atoms with E-state index in [0.29, 0.717) is 0 Å². The van der Waals surface area contributed by atoms with Gasteiger partial charge in [-0.05, 0) is 26.8 Å². The highest BCUT2D eigenvalue weighted by atomic mass is 16.3. The van der Waals surface area contributed by atoms with Crippen LogP contribution in [0.2, 0.25) is 0 Å². The summed E-state index contributed by atoms with van der Waals surface area (Å²) in [5.74, 6) is 0. The van der Waals surface area contributed by atoms with E-state index in [0.717, 1.165) is 13.0 Å². The molecule has 0 fully saturated rings. The molecule has 0 saturated heterocycles. The van der Waals surface area contributed by atoms with Crippen LogP contribution in [0.15, 0.2) is 0 Å². The Morgan fingerprint density at radius 1 is 1.40 bits per heavy atom. The summed E-state index contributed by atoms with van der Waals surface area (Å²) in [6, 6.07) is 0.220. The second-order valence-corrected chi connectivity index (χ2v) is 3.17. The van der Waals surface area contributed by atoms with Gasteiger partial charge in [0.1, 0.15) is 0 Å². The third-order valence-electron chi connectivity index (χ3n) is 1.71. The summed E-state index contributed by atoms with van der Waals surface area (Å²) in [5.41, 5.74) is -0.592. The van der Waals surface area contributed by atoms with E-state index in [1.807, 2.05) is 13.8 Å². The normalized spacial score (nSPS) is 15.3. The van der Waals surface area contributed by atoms with Gasteiger partial charge in [0.15, 0.2) is 0 Å². The van der Waals surface area contributed by atoms with Crippen LogP contribution >= 0.6 is 0 Å². The Hall–Kier alpha value is -0.0800. The average molecular weight is 145 g/mol. The van der Waals surface area contributed by atoms with Gasteiger partial charge in [0.05, 0.1) is 5.60 Å². The largest absolute Gasteiger partial charge is 0.389 e. The zero-order valence-corrected chi connectivity index (χ0v) is 7.44. The van der Waals surface area contributed by atoms with E-state index in [1.165, 1.54) is 0 Å². The van der Waals surface area contributed by atoms with E-state index in [9.17, 15) is 5.11 Å². The van der Waals surface area contributed by atoms with Crippen LogP contribution in [0.5, 0.6) is 0 Å². The molecule has 0 amide bonds. The molecule has 2 nitrogen and oxygen atoms in total. The lowest BCUT2D eigenvalue weighted by Crippen LogP contribution is -2.46.